The van der Waals surface area contributed by atoms with E-state index >= 15 is 0 Å². The van der Waals surface area contributed by atoms with E-state index in [1.807, 2.05) is 58.9 Å². The maximum atomic E-state index is 13.0. The lowest BCUT2D eigenvalue weighted by molar-refractivity contribution is 0.599. The minimum absolute atomic E-state index is 0.399. The summed E-state index contributed by atoms with van der Waals surface area (Å²) in [4.78, 5) is 0.399. The maximum absolute atomic E-state index is 13.0. The van der Waals surface area contributed by atoms with Gasteiger partial charge in [0.2, 0.25) is 0 Å². The predicted octanol–water partition coefficient (Wildman–Crippen LogP) is 5.15. The summed E-state index contributed by atoms with van der Waals surface area (Å²) in [5.41, 5.74) is 6.65. The average molecular weight is 346 g/mol. The van der Waals surface area contributed by atoms with Gasteiger partial charge in [-0.25, -0.2) is 8.42 Å². The van der Waals surface area contributed by atoms with Gasteiger partial charge in [-0.1, -0.05) is 26.0 Å². The van der Waals surface area contributed by atoms with E-state index in [1.54, 1.807) is 0 Å². The molecule has 0 heterocycles. The second-order valence-electron chi connectivity index (χ2n) is 6.84. The Kier molecular flexibility index (Phi) is 5.09. The van der Waals surface area contributed by atoms with Crippen LogP contribution >= 0.6 is 0 Å². The van der Waals surface area contributed by atoms with Crippen molar-refractivity contribution in [3.05, 3.63) is 57.6 Å². The van der Waals surface area contributed by atoms with Crippen LogP contribution in [0.15, 0.2) is 29.2 Å². The van der Waals surface area contributed by atoms with Gasteiger partial charge in [-0.2, -0.15) is 0 Å². The van der Waals surface area contributed by atoms with Gasteiger partial charge in [0.25, 0.3) is 10.0 Å². The minimum atomic E-state index is -3.62. The van der Waals surface area contributed by atoms with Crippen LogP contribution < -0.4 is 4.72 Å². The van der Waals surface area contributed by atoms with E-state index in [0.717, 1.165) is 27.8 Å². The van der Waals surface area contributed by atoms with E-state index in [2.05, 4.69) is 18.6 Å². The molecule has 130 valence electrons. The Morgan fingerprint density at radius 3 is 1.58 bits per heavy atom. The fourth-order valence-electron chi connectivity index (χ4n) is 3.01. The van der Waals surface area contributed by atoms with Gasteiger partial charge in [0.05, 0.1) is 4.90 Å². The van der Waals surface area contributed by atoms with Crippen molar-refractivity contribution in [3.63, 3.8) is 0 Å². The molecular weight excluding hydrogens is 318 g/mol. The van der Waals surface area contributed by atoms with Gasteiger partial charge < -0.3 is 0 Å². The first-order chi connectivity index (χ1) is 11.1. The van der Waals surface area contributed by atoms with E-state index in [9.17, 15) is 8.42 Å². The molecule has 3 nitrogen and oxygen atoms in total. The highest BCUT2D eigenvalue weighted by Gasteiger charge is 2.23. The molecule has 0 fully saturated rings. The molecule has 0 amide bonds. The monoisotopic (exact) mass is 345 g/mol. The van der Waals surface area contributed by atoms with Gasteiger partial charge in [0.15, 0.2) is 0 Å². The molecular formula is C20H27NO2S. The normalized spacial score (nSPS) is 11.8. The lowest BCUT2D eigenvalue weighted by Gasteiger charge is -2.19. The third kappa shape index (κ3) is 3.34. The quantitative estimate of drug-likeness (QED) is 0.832. The van der Waals surface area contributed by atoms with Crippen LogP contribution in [0.5, 0.6) is 0 Å². The summed E-state index contributed by atoms with van der Waals surface area (Å²) in [6, 6.07) is 7.58. The van der Waals surface area contributed by atoms with Crippen molar-refractivity contribution in [2.45, 2.75) is 59.3 Å². The Hall–Kier alpha value is -1.81. The summed E-state index contributed by atoms with van der Waals surface area (Å²) >= 11 is 0. The van der Waals surface area contributed by atoms with Crippen LogP contribution in [0.3, 0.4) is 0 Å². The highest BCUT2D eigenvalue weighted by atomic mass is 32.2. The number of anilines is 1. The first-order valence-corrected chi connectivity index (χ1v) is 9.74. The van der Waals surface area contributed by atoms with E-state index < -0.39 is 10.0 Å². The van der Waals surface area contributed by atoms with Crippen molar-refractivity contribution in [2.24, 2.45) is 0 Å². The zero-order valence-corrected chi connectivity index (χ0v) is 16.4. The number of hydrogen-bond donors (Lipinski definition) is 1. The zero-order valence-electron chi connectivity index (χ0n) is 15.6. The Bertz CT molecular complexity index is 834. The first-order valence-electron chi connectivity index (χ1n) is 8.26. The van der Waals surface area contributed by atoms with Crippen LogP contribution in [-0.4, -0.2) is 8.42 Å². The molecule has 0 aliphatic heterocycles. The number of nitrogens with one attached hydrogen (secondary N) is 1. The minimum Gasteiger partial charge on any atom is -0.280 e. The highest BCUT2D eigenvalue weighted by Crippen LogP contribution is 2.31. The summed E-state index contributed by atoms with van der Waals surface area (Å²) in [7, 11) is -3.62. The van der Waals surface area contributed by atoms with Crippen LogP contribution in [-0.2, 0) is 10.0 Å². The molecule has 4 heteroatoms. The third-order valence-electron chi connectivity index (χ3n) is 5.03. The lowest BCUT2D eigenvalue weighted by Crippen LogP contribution is -2.17. The highest BCUT2D eigenvalue weighted by molar-refractivity contribution is 7.92. The second kappa shape index (κ2) is 6.60. The van der Waals surface area contributed by atoms with Gasteiger partial charge in [0.1, 0.15) is 0 Å². The summed E-state index contributed by atoms with van der Waals surface area (Å²) in [5.74, 6) is 0.419. The third-order valence-corrected chi connectivity index (χ3v) is 6.68. The second-order valence-corrected chi connectivity index (χ2v) is 8.46. The molecule has 0 saturated heterocycles. The largest absolute Gasteiger partial charge is 0.280 e. The SMILES string of the molecule is Cc1c(C)c(C)c(S(=O)(=O)Nc2ccc(C(C)C)cc2)c(C)c1C. The Labute approximate surface area is 146 Å². The molecule has 0 aromatic heterocycles. The topological polar surface area (TPSA) is 46.2 Å². The maximum Gasteiger partial charge on any atom is 0.262 e. The predicted molar refractivity (Wildman–Crippen MR) is 101 cm³/mol. The van der Waals surface area contributed by atoms with Crippen molar-refractivity contribution in [1.29, 1.82) is 0 Å². The van der Waals surface area contributed by atoms with Gasteiger partial charge in [-0.15, -0.1) is 0 Å². The Morgan fingerprint density at radius 1 is 0.750 bits per heavy atom. The first kappa shape index (κ1) is 18.5. The molecule has 0 bridgehead atoms. The fourth-order valence-corrected chi connectivity index (χ4v) is 4.67. The van der Waals surface area contributed by atoms with Gasteiger partial charge >= 0.3 is 0 Å². The number of benzene rings is 2. The Balaban J connectivity index is 2.48. The molecule has 0 radical (unpaired) electrons. The molecule has 0 unspecified atom stereocenters. The van der Waals surface area contributed by atoms with Gasteiger partial charge in [-0.3, -0.25) is 4.72 Å². The molecule has 2 rings (SSSR count). The fraction of sp³-hybridized carbons (Fsp3) is 0.400. The van der Waals surface area contributed by atoms with Crippen LogP contribution in [0.4, 0.5) is 5.69 Å². The molecule has 0 saturated carbocycles. The van der Waals surface area contributed by atoms with E-state index in [4.69, 9.17) is 0 Å². The molecule has 0 atom stereocenters. The van der Waals surface area contributed by atoms with Crippen molar-refractivity contribution in [3.8, 4) is 0 Å². The average Bonchev–Trinajstić information content (AvgIpc) is 2.51. The smallest absolute Gasteiger partial charge is 0.262 e. The molecule has 2 aromatic rings. The van der Waals surface area contributed by atoms with E-state index in [0.29, 0.717) is 16.5 Å². The lowest BCUT2D eigenvalue weighted by atomic mass is 9.95. The van der Waals surface area contributed by atoms with Crippen molar-refractivity contribution in [2.75, 3.05) is 4.72 Å². The van der Waals surface area contributed by atoms with Crippen LogP contribution in [0.2, 0.25) is 0 Å². The molecule has 1 N–H and O–H groups in total. The standard InChI is InChI=1S/C20H27NO2S/c1-12(2)18-8-10-19(11-9-18)21-24(22,23)20-16(6)14(4)13(3)15(5)17(20)7/h8-12,21H,1-7H3. The summed E-state index contributed by atoms with van der Waals surface area (Å²) in [5, 5.41) is 0. The number of sulfonamides is 1. The molecule has 2 aromatic carbocycles. The van der Waals surface area contributed by atoms with Crippen LogP contribution in [0.25, 0.3) is 0 Å². The van der Waals surface area contributed by atoms with Crippen LogP contribution in [0.1, 0.15) is 53.1 Å². The number of hydrogen-bond acceptors (Lipinski definition) is 2. The summed E-state index contributed by atoms with van der Waals surface area (Å²) in [6.07, 6.45) is 0. The Morgan fingerprint density at radius 2 is 1.17 bits per heavy atom. The van der Waals surface area contributed by atoms with Gasteiger partial charge in [-0.05, 0) is 86.1 Å². The van der Waals surface area contributed by atoms with E-state index in [-0.39, 0.29) is 0 Å². The zero-order chi connectivity index (χ0) is 18.2. The molecule has 24 heavy (non-hydrogen) atoms. The molecule has 0 spiro atoms. The van der Waals surface area contributed by atoms with Crippen molar-refractivity contribution < 1.29 is 8.42 Å². The van der Waals surface area contributed by atoms with Crippen LogP contribution in [0, 0.1) is 34.6 Å². The van der Waals surface area contributed by atoms with E-state index in [1.165, 1.54) is 5.56 Å². The van der Waals surface area contributed by atoms with Gasteiger partial charge in [0, 0.05) is 5.69 Å². The number of rotatable bonds is 4. The van der Waals surface area contributed by atoms with Crippen molar-refractivity contribution in [1.82, 2.24) is 0 Å². The summed E-state index contributed by atoms with van der Waals surface area (Å²) < 4.78 is 28.7. The summed E-state index contributed by atoms with van der Waals surface area (Å²) in [6.45, 7) is 14.0. The van der Waals surface area contributed by atoms with Crippen molar-refractivity contribution >= 4 is 15.7 Å². The molecule has 0 aliphatic carbocycles. The molecule has 0 aliphatic rings.